The normalized spacial score (nSPS) is 11.5. The van der Waals surface area contributed by atoms with Crippen LogP contribution >= 0.6 is 0 Å². The number of hydrogen-bond acceptors (Lipinski definition) is 2. The molecule has 13 heavy (non-hydrogen) atoms. The molecule has 0 spiro atoms. The van der Waals surface area contributed by atoms with Gasteiger partial charge in [0.25, 0.3) is 0 Å². The molecule has 0 aliphatic heterocycles. The van der Waals surface area contributed by atoms with Crippen molar-refractivity contribution in [2.75, 3.05) is 0 Å². The number of nitrogens with two attached hydrogens (primary N) is 2. The first-order valence-electron chi connectivity index (χ1n) is 3.70. The van der Waals surface area contributed by atoms with Crippen LogP contribution in [0.2, 0.25) is 0 Å². The third kappa shape index (κ3) is 2.41. The van der Waals surface area contributed by atoms with E-state index in [1.54, 1.807) is 12.1 Å². The van der Waals surface area contributed by atoms with E-state index >= 15 is 0 Å². The lowest BCUT2D eigenvalue weighted by Crippen LogP contribution is -2.36. The highest BCUT2D eigenvalue weighted by Gasteiger charge is 2.00. The zero-order valence-corrected chi connectivity index (χ0v) is 7.21. The summed E-state index contributed by atoms with van der Waals surface area (Å²) in [6, 6.07) is 4.57. The molecule has 0 radical (unpaired) electrons. The van der Waals surface area contributed by atoms with Crippen LogP contribution in [0.4, 0.5) is 10.1 Å². The molecule has 5 heteroatoms. The molecule has 1 aromatic rings. The fraction of sp³-hybridized carbons (Fsp3) is 0.125. The van der Waals surface area contributed by atoms with Crippen LogP contribution in [0, 0.1) is 12.7 Å². The Morgan fingerprint density at radius 1 is 1.54 bits per heavy atom. The van der Waals surface area contributed by atoms with Gasteiger partial charge in [-0.2, -0.15) is 0 Å². The number of benzene rings is 1. The average Bonchev–Trinajstić information content (AvgIpc) is 2.11. The van der Waals surface area contributed by atoms with Crippen molar-refractivity contribution in [3.63, 3.8) is 0 Å². The number of guanidine groups is 1. The van der Waals surface area contributed by atoms with Crippen molar-refractivity contribution in [1.82, 2.24) is 5.43 Å². The highest BCUT2D eigenvalue weighted by atomic mass is 19.1. The van der Waals surface area contributed by atoms with E-state index < -0.39 is 5.82 Å². The number of aliphatic imine (C=N–C) groups is 1. The average molecular weight is 182 g/mol. The van der Waals surface area contributed by atoms with E-state index in [1.165, 1.54) is 6.07 Å². The third-order valence-corrected chi connectivity index (χ3v) is 1.49. The Morgan fingerprint density at radius 3 is 2.85 bits per heavy atom. The largest absolute Gasteiger partial charge is 0.369 e. The molecule has 0 unspecified atom stereocenters. The molecule has 5 N–H and O–H groups in total. The quantitative estimate of drug-likeness (QED) is 0.257. The van der Waals surface area contributed by atoms with Crippen molar-refractivity contribution in [1.29, 1.82) is 0 Å². The van der Waals surface area contributed by atoms with Crippen LogP contribution in [0.1, 0.15) is 5.56 Å². The fourth-order valence-corrected chi connectivity index (χ4v) is 0.870. The van der Waals surface area contributed by atoms with Crippen LogP contribution in [0.25, 0.3) is 0 Å². The minimum absolute atomic E-state index is 0.0236. The predicted octanol–water partition coefficient (Wildman–Crippen LogP) is 0.544. The number of rotatable bonds is 1. The van der Waals surface area contributed by atoms with Gasteiger partial charge in [-0.1, -0.05) is 6.07 Å². The van der Waals surface area contributed by atoms with Crippen LogP contribution in [-0.2, 0) is 0 Å². The monoisotopic (exact) mass is 182 g/mol. The van der Waals surface area contributed by atoms with E-state index in [2.05, 4.69) is 10.4 Å². The fourth-order valence-electron chi connectivity index (χ4n) is 0.870. The second-order valence-corrected chi connectivity index (χ2v) is 2.60. The summed E-state index contributed by atoms with van der Waals surface area (Å²) in [5.74, 6) is 4.53. The van der Waals surface area contributed by atoms with E-state index in [-0.39, 0.29) is 11.6 Å². The van der Waals surface area contributed by atoms with E-state index in [1.807, 2.05) is 6.92 Å². The maximum Gasteiger partial charge on any atom is 0.208 e. The number of nitrogens with zero attached hydrogens (tertiary/aromatic N) is 1. The van der Waals surface area contributed by atoms with Crippen molar-refractivity contribution in [3.05, 3.63) is 29.6 Å². The molecule has 0 saturated heterocycles. The van der Waals surface area contributed by atoms with Gasteiger partial charge >= 0.3 is 0 Å². The van der Waals surface area contributed by atoms with Gasteiger partial charge in [0.15, 0.2) is 0 Å². The molecular weight excluding hydrogens is 171 g/mol. The van der Waals surface area contributed by atoms with Gasteiger partial charge in [0.1, 0.15) is 11.5 Å². The molecule has 0 aliphatic carbocycles. The molecule has 1 aromatic carbocycles. The Labute approximate surface area is 75.4 Å². The minimum Gasteiger partial charge on any atom is -0.369 e. The summed E-state index contributed by atoms with van der Waals surface area (Å²) in [5.41, 5.74) is 8.48. The van der Waals surface area contributed by atoms with Crippen molar-refractivity contribution < 1.29 is 4.39 Å². The molecule has 0 amide bonds. The maximum absolute atomic E-state index is 13.0. The number of hydrogen-bond donors (Lipinski definition) is 3. The molecule has 70 valence electrons. The van der Waals surface area contributed by atoms with E-state index in [0.29, 0.717) is 0 Å². The summed E-state index contributed by atoms with van der Waals surface area (Å²) in [6.45, 7) is 1.84. The molecular formula is C8H11FN4. The second-order valence-electron chi connectivity index (χ2n) is 2.60. The van der Waals surface area contributed by atoms with Gasteiger partial charge in [-0.3, -0.25) is 5.43 Å². The Kier molecular flexibility index (Phi) is 2.81. The Morgan fingerprint density at radius 2 is 2.23 bits per heavy atom. The van der Waals surface area contributed by atoms with Crippen LogP contribution in [0.15, 0.2) is 23.2 Å². The highest BCUT2D eigenvalue weighted by molar-refractivity contribution is 5.80. The lowest BCUT2D eigenvalue weighted by Gasteiger charge is -2.00. The van der Waals surface area contributed by atoms with E-state index in [4.69, 9.17) is 11.6 Å². The first kappa shape index (κ1) is 9.47. The summed E-state index contributed by atoms with van der Waals surface area (Å²) in [5, 5.41) is 0. The van der Waals surface area contributed by atoms with Crippen LogP contribution in [-0.4, -0.2) is 5.96 Å². The van der Waals surface area contributed by atoms with Gasteiger partial charge in [0, 0.05) is 0 Å². The van der Waals surface area contributed by atoms with Gasteiger partial charge in [-0.15, -0.1) is 0 Å². The summed E-state index contributed by atoms with van der Waals surface area (Å²) in [6.07, 6.45) is 0. The van der Waals surface area contributed by atoms with Crippen molar-refractivity contribution in [2.45, 2.75) is 6.92 Å². The third-order valence-electron chi connectivity index (χ3n) is 1.49. The molecule has 4 nitrogen and oxygen atoms in total. The number of hydrazine groups is 1. The molecule has 0 aromatic heterocycles. The second kappa shape index (κ2) is 3.86. The molecule has 0 saturated carbocycles. The maximum atomic E-state index is 13.0. The van der Waals surface area contributed by atoms with E-state index in [0.717, 1.165) is 5.56 Å². The zero-order valence-electron chi connectivity index (χ0n) is 7.21. The van der Waals surface area contributed by atoms with Gasteiger partial charge < -0.3 is 5.73 Å². The molecule has 0 atom stereocenters. The lowest BCUT2D eigenvalue weighted by molar-refractivity contribution is 0.629. The molecule has 0 bridgehead atoms. The molecule has 1 rings (SSSR count). The predicted molar refractivity (Wildman–Crippen MR) is 49.7 cm³/mol. The van der Waals surface area contributed by atoms with E-state index in [9.17, 15) is 4.39 Å². The van der Waals surface area contributed by atoms with Gasteiger partial charge in [0.05, 0.1) is 0 Å². The minimum atomic E-state index is -0.427. The Balaban J connectivity index is 3.07. The zero-order chi connectivity index (χ0) is 9.84. The smallest absolute Gasteiger partial charge is 0.208 e. The molecule has 0 heterocycles. The number of nitrogens with one attached hydrogen (secondary N) is 1. The van der Waals surface area contributed by atoms with Gasteiger partial charge in [-0.25, -0.2) is 15.2 Å². The van der Waals surface area contributed by atoms with Gasteiger partial charge in [-0.05, 0) is 24.6 Å². The molecule has 0 fully saturated rings. The first-order chi connectivity index (χ1) is 6.13. The van der Waals surface area contributed by atoms with Crippen molar-refractivity contribution in [2.24, 2.45) is 16.6 Å². The van der Waals surface area contributed by atoms with Crippen LogP contribution in [0.3, 0.4) is 0 Å². The number of aryl methyl sites for hydroxylation is 1. The summed E-state index contributed by atoms with van der Waals surface area (Å²) in [7, 11) is 0. The Bertz CT molecular complexity index is 335. The topological polar surface area (TPSA) is 76.4 Å². The SMILES string of the molecule is Cc1ccc(F)c(N=C(N)NN)c1. The van der Waals surface area contributed by atoms with Crippen LogP contribution in [0.5, 0.6) is 0 Å². The summed E-state index contributed by atoms with van der Waals surface area (Å²) >= 11 is 0. The lowest BCUT2D eigenvalue weighted by atomic mass is 10.2. The van der Waals surface area contributed by atoms with Crippen molar-refractivity contribution in [3.8, 4) is 0 Å². The standard InChI is InChI=1S/C8H11FN4/c1-5-2-3-6(9)7(4-5)12-8(10)13-11/h2-4H,11H2,1H3,(H3,10,12,13). The number of halogens is 1. The van der Waals surface area contributed by atoms with Gasteiger partial charge in [0.2, 0.25) is 5.96 Å². The summed E-state index contributed by atoms with van der Waals surface area (Å²) < 4.78 is 13.0. The van der Waals surface area contributed by atoms with Crippen molar-refractivity contribution >= 4 is 11.6 Å². The van der Waals surface area contributed by atoms with Crippen LogP contribution < -0.4 is 17.0 Å². The molecule has 0 aliphatic rings. The summed E-state index contributed by atoms with van der Waals surface area (Å²) in [4.78, 5) is 3.72. The highest BCUT2D eigenvalue weighted by Crippen LogP contribution is 2.18. The first-order valence-corrected chi connectivity index (χ1v) is 3.70. The Hall–Kier alpha value is -1.62.